The topological polar surface area (TPSA) is 52.6 Å². The van der Waals surface area contributed by atoms with E-state index in [0.29, 0.717) is 6.42 Å². The number of benzene rings is 2. The summed E-state index contributed by atoms with van der Waals surface area (Å²) < 4.78 is 11.3. The van der Waals surface area contributed by atoms with Gasteiger partial charge in [0, 0.05) is 0 Å². The van der Waals surface area contributed by atoms with E-state index in [-0.39, 0.29) is 20.9 Å². The van der Waals surface area contributed by atoms with Gasteiger partial charge in [0.2, 0.25) is 0 Å². The number of esters is 2. The number of methoxy groups -OCH3 is 2. The maximum atomic E-state index is 12.6. The van der Waals surface area contributed by atoms with Crippen LogP contribution in [0.25, 0.3) is 5.57 Å². The van der Waals surface area contributed by atoms with Gasteiger partial charge in [-0.3, -0.25) is 0 Å². The summed E-state index contributed by atoms with van der Waals surface area (Å²) in [4.78, 5) is 25.1. The molecule has 0 fully saturated rings. The Balaban J connectivity index is 1.95. The molecule has 0 N–H and O–H groups in total. The molecule has 0 saturated heterocycles. The Kier molecular flexibility index (Phi) is 6.15. The molecule has 0 bridgehead atoms. The van der Waals surface area contributed by atoms with Crippen LogP contribution in [0.3, 0.4) is 0 Å². The zero-order chi connectivity index (χ0) is 19.3. The first-order valence-electron chi connectivity index (χ1n) is 8.73. The number of ether oxygens (including phenoxy) is 2. The van der Waals surface area contributed by atoms with Crippen LogP contribution in [0.15, 0.2) is 66.7 Å². The Hall–Kier alpha value is -2.36. The minimum absolute atomic E-state index is 0.0887. The Bertz CT molecular complexity index is 814. The van der Waals surface area contributed by atoms with E-state index < -0.39 is 17.4 Å². The molecule has 27 heavy (non-hydrogen) atoms. The number of hydrogen-bond acceptors (Lipinski definition) is 4. The third kappa shape index (κ3) is 3.99. The van der Waals surface area contributed by atoms with E-state index in [1.165, 1.54) is 18.7 Å². The number of carbonyl (C=O) groups excluding carboxylic acids is 2. The van der Waals surface area contributed by atoms with E-state index in [2.05, 4.69) is 12.1 Å². The van der Waals surface area contributed by atoms with E-state index in [9.17, 15) is 9.59 Å². The van der Waals surface area contributed by atoms with Crippen molar-refractivity contribution in [3.63, 3.8) is 0 Å². The third-order valence-electron chi connectivity index (χ3n) is 4.81. The van der Waals surface area contributed by atoms with Crippen molar-refractivity contribution in [3.8, 4) is 0 Å². The molecule has 1 aliphatic carbocycles. The van der Waals surface area contributed by atoms with Gasteiger partial charge in [0.15, 0.2) is 0 Å². The Morgan fingerprint density at radius 1 is 0.963 bits per heavy atom. The van der Waals surface area contributed by atoms with Crippen LogP contribution in [-0.2, 0) is 19.1 Å². The van der Waals surface area contributed by atoms with Crippen molar-refractivity contribution >= 4 is 36.9 Å². The standard InChI is InChI=1S/C22H22O4Se/c1-25-20(23)22(21(24)26-2)13-17(15-27-18-11-7-4-8-12-18)19(14-22)16-9-5-3-6-10-16/h3-12,14,17H,13,15H2,1-2H3. The molecule has 2 aromatic carbocycles. The summed E-state index contributed by atoms with van der Waals surface area (Å²) in [6.07, 6.45) is 2.15. The van der Waals surface area contributed by atoms with Gasteiger partial charge in [-0.2, -0.15) is 0 Å². The maximum absolute atomic E-state index is 12.6. The molecule has 0 aromatic heterocycles. The summed E-state index contributed by atoms with van der Waals surface area (Å²) in [5.41, 5.74) is 0.678. The monoisotopic (exact) mass is 430 g/mol. The fourth-order valence-electron chi connectivity index (χ4n) is 3.48. The molecule has 1 unspecified atom stereocenters. The SMILES string of the molecule is COC(=O)C1(C(=O)OC)C=C(c2ccccc2)C(C[Se]c2ccccc2)C1. The molecule has 0 saturated carbocycles. The van der Waals surface area contributed by atoms with E-state index in [1.807, 2.05) is 48.5 Å². The average molecular weight is 429 g/mol. The minimum atomic E-state index is -1.37. The summed E-state index contributed by atoms with van der Waals surface area (Å²) in [5, 5.41) is 0.896. The van der Waals surface area contributed by atoms with Crippen molar-refractivity contribution in [1.82, 2.24) is 0 Å². The van der Waals surface area contributed by atoms with Gasteiger partial charge >= 0.3 is 166 Å². The van der Waals surface area contributed by atoms with Gasteiger partial charge in [-0.15, -0.1) is 0 Å². The third-order valence-corrected chi connectivity index (χ3v) is 7.28. The number of hydrogen-bond donors (Lipinski definition) is 0. The van der Waals surface area contributed by atoms with Gasteiger partial charge in [0.1, 0.15) is 0 Å². The zero-order valence-corrected chi connectivity index (χ0v) is 17.1. The van der Waals surface area contributed by atoms with Crippen LogP contribution >= 0.6 is 0 Å². The molecule has 0 aliphatic heterocycles. The molecule has 140 valence electrons. The van der Waals surface area contributed by atoms with Crippen LogP contribution in [0.5, 0.6) is 0 Å². The summed E-state index contributed by atoms with van der Waals surface area (Å²) in [7, 11) is 2.62. The first-order chi connectivity index (χ1) is 13.1. The van der Waals surface area contributed by atoms with Crippen molar-refractivity contribution in [2.24, 2.45) is 11.3 Å². The first-order valence-corrected chi connectivity index (χ1v) is 10.8. The Morgan fingerprint density at radius 3 is 2.07 bits per heavy atom. The van der Waals surface area contributed by atoms with Crippen molar-refractivity contribution in [2.75, 3.05) is 14.2 Å². The first kappa shape index (κ1) is 19.4. The molecule has 0 radical (unpaired) electrons. The van der Waals surface area contributed by atoms with E-state index >= 15 is 0 Å². The van der Waals surface area contributed by atoms with Crippen LogP contribution in [0.4, 0.5) is 0 Å². The van der Waals surface area contributed by atoms with Gasteiger partial charge in [-0.05, 0) is 0 Å². The summed E-state index contributed by atoms with van der Waals surface area (Å²) >= 11 is 0.238. The predicted octanol–water partition coefficient (Wildman–Crippen LogP) is 2.87. The molecular weight excluding hydrogens is 407 g/mol. The van der Waals surface area contributed by atoms with Crippen molar-refractivity contribution in [2.45, 2.75) is 11.7 Å². The van der Waals surface area contributed by atoms with Crippen LogP contribution in [0, 0.1) is 11.3 Å². The number of allylic oxidation sites excluding steroid dienone is 1. The van der Waals surface area contributed by atoms with Gasteiger partial charge in [0.25, 0.3) is 0 Å². The fourth-order valence-corrected chi connectivity index (χ4v) is 5.67. The molecule has 3 rings (SSSR count). The second kappa shape index (κ2) is 8.55. The Labute approximate surface area is 165 Å². The van der Waals surface area contributed by atoms with E-state index in [4.69, 9.17) is 9.47 Å². The van der Waals surface area contributed by atoms with Gasteiger partial charge in [0.05, 0.1) is 0 Å². The molecule has 4 nitrogen and oxygen atoms in total. The van der Waals surface area contributed by atoms with Crippen molar-refractivity contribution in [3.05, 3.63) is 72.3 Å². The Morgan fingerprint density at radius 2 is 1.52 bits per heavy atom. The summed E-state index contributed by atoms with van der Waals surface area (Å²) in [6.45, 7) is 0. The van der Waals surface area contributed by atoms with Crippen LogP contribution < -0.4 is 4.46 Å². The van der Waals surface area contributed by atoms with Crippen molar-refractivity contribution in [1.29, 1.82) is 0 Å². The van der Waals surface area contributed by atoms with Crippen molar-refractivity contribution < 1.29 is 19.1 Å². The molecule has 0 amide bonds. The van der Waals surface area contributed by atoms with Crippen LogP contribution in [0.2, 0.25) is 5.32 Å². The van der Waals surface area contributed by atoms with Crippen LogP contribution in [0.1, 0.15) is 12.0 Å². The fraction of sp³-hybridized carbons (Fsp3) is 0.273. The average Bonchev–Trinajstić information content (AvgIpc) is 3.13. The molecule has 0 heterocycles. The summed E-state index contributed by atoms with van der Waals surface area (Å²) in [6, 6.07) is 20.2. The molecular formula is C22H22O4Se. The van der Waals surface area contributed by atoms with E-state index in [1.54, 1.807) is 6.08 Å². The van der Waals surface area contributed by atoms with Gasteiger partial charge < -0.3 is 0 Å². The summed E-state index contributed by atoms with van der Waals surface area (Å²) in [5.74, 6) is -1.03. The molecule has 1 atom stereocenters. The second-order valence-corrected chi connectivity index (χ2v) is 8.74. The molecule has 5 heteroatoms. The van der Waals surface area contributed by atoms with Gasteiger partial charge in [-0.1, -0.05) is 0 Å². The normalized spacial score (nSPS) is 17.9. The zero-order valence-electron chi connectivity index (χ0n) is 15.4. The predicted molar refractivity (Wildman–Crippen MR) is 106 cm³/mol. The molecule has 1 aliphatic rings. The second-order valence-electron chi connectivity index (χ2n) is 6.45. The number of carbonyl (C=O) groups is 2. The quantitative estimate of drug-likeness (QED) is 0.403. The van der Waals surface area contributed by atoms with Crippen LogP contribution in [-0.4, -0.2) is 41.1 Å². The number of rotatable bonds is 6. The molecule has 2 aromatic rings. The molecule has 0 spiro atoms. The van der Waals surface area contributed by atoms with Gasteiger partial charge in [-0.25, -0.2) is 0 Å². The van der Waals surface area contributed by atoms with E-state index in [0.717, 1.165) is 16.5 Å².